The van der Waals surface area contributed by atoms with E-state index in [9.17, 15) is 0 Å². The molecule has 0 radical (unpaired) electrons. The van der Waals surface area contributed by atoms with Gasteiger partial charge in [0.25, 0.3) is 0 Å². The Bertz CT molecular complexity index is 574. The average molecular weight is 345 g/mol. The quantitative estimate of drug-likeness (QED) is 0.835. The normalized spacial score (nSPS) is 29.4. The van der Waals surface area contributed by atoms with Crippen LogP contribution in [0.15, 0.2) is 24.3 Å². The highest BCUT2D eigenvalue weighted by Gasteiger charge is 2.35. The number of anilines is 1. The molecule has 0 saturated carbocycles. The number of rotatable bonds is 3. The first-order chi connectivity index (χ1) is 12.2. The maximum Gasteiger partial charge on any atom is 0.120 e. The first-order valence-corrected chi connectivity index (χ1v) is 9.64. The van der Waals surface area contributed by atoms with Gasteiger partial charge >= 0.3 is 0 Å². The first kappa shape index (κ1) is 17.1. The molecule has 0 unspecified atom stereocenters. The summed E-state index contributed by atoms with van der Waals surface area (Å²) < 4.78 is 11.3. The molecule has 5 nitrogen and oxygen atoms in total. The lowest BCUT2D eigenvalue weighted by Gasteiger charge is -2.41. The average Bonchev–Trinajstić information content (AvgIpc) is 2.90. The van der Waals surface area contributed by atoms with Crippen molar-refractivity contribution in [2.45, 2.75) is 24.9 Å². The van der Waals surface area contributed by atoms with E-state index in [1.165, 1.54) is 31.6 Å². The summed E-state index contributed by atoms with van der Waals surface area (Å²) in [7, 11) is 4.00. The minimum Gasteiger partial charge on any atom is -0.497 e. The maximum absolute atomic E-state index is 5.88. The van der Waals surface area contributed by atoms with Gasteiger partial charge < -0.3 is 14.4 Å². The fourth-order valence-electron chi connectivity index (χ4n) is 4.68. The number of methoxy groups -OCH3 is 1. The SMILES string of the molecule is COc1cccc(N2CCC(N3C[C@@H]4COC[C@H](C3)N(C)C4)CC2)c1. The van der Waals surface area contributed by atoms with Gasteiger partial charge in [-0.3, -0.25) is 9.80 Å². The highest BCUT2D eigenvalue weighted by Crippen LogP contribution is 2.28. The second kappa shape index (κ2) is 7.52. The molecule has 3 aliphatic rings. The fraction of sp³-hybridized carbons (Fsp3) is 0.700. The van der Waals surface area contributed by atoms with Crippen LogP contribution in [-0.2, 0) is 4.74 Å². The van der Waals surface area contributed by atoms with Crippen molar-refractivity contribution in [1.82, 2.24) is 9.80 Å². The topological polar surface area (TPSA) is 28.2 Å². The molecule has 3 aliphatic heterocycles. The second-order valence-electron chi connectivity index (χ2n) is 7.87. The molecule has 0 aromatic heterocycles. The van der Waals surface area contributed by atoms with E-state index in [-0.39, 0.29) is 0 Å². The van der Waals surface area contributed by atoms with Crippen LogP contribution in [0.1, 0.15) is 12.8 Å². The first-order valence-electron chi connectivity index (χ1n) is 9.64. The fourth-order valence-corrected chi connectivity index (χ4v) is 4.68. The lowest BCUT2D eigenvalue weighted by atomic mass is 10.00. The third kappa shape index (κ3) is 3.78. The summed E-state index contributed by atoms with van der Waals surface area (Å²) in [6.07, 6.45) is 2.50. The molecule has 0 spiro atoms. The summed E-state index contributed by atoms with van der Waals surface area (Å²) in [4.78, 5) is 7.79. The highest BCUT2D eigenvalue weighted by atomic mass is 16.5. The Morgan fingerprint density at radius 2 is 1.88 bits per heavy atom. The van der Waals surface area contributed by atoms with Gasteiger partial charge in [-0.15, -0.1) is 0 Å². The third-order valence-electron chi connectivity index (χ3n) is 6.17. The number of benzene rings is 1. The van der Waals surface area contributed by atoms with Crippen molar-refractivity contribution in [1.29, 1.82) is 0 Å². The van der Waals surface area contributed by atoms with Crippen molar-refractivity contribution in [3.63, 3.8) is 0 Å². The van der Waals surface area contributed by atoms with Gasteiger partial charge in [-0.05, 0) is 32.0 Å². The van der Waals surface area contributed by atoms with Crippen molar-refractivity contribution in [3.8, 4) is 5.75 Å². The molecule has 1 aromatic carbocycles. The van der Waals surface area contributed by atoms with E-state index in [2.05, 4.69) is 39.9 Å². The Morgan fingerprint density at radius 1 is 1.04 bits per heavy atom. The van der Waals surface area contributed by atoms with Gasteiger partial charge in [0.2, 0.25) is 0 Å². The Kier molecular flexibility index (Phi) is 5.15. The molecule has 0 aliphatic carbocycles. The molecule has 0 amide bonds. The molecule has 3 saturated heterocycles. The molecule has 3 heterocycles. The molecule has 4 rings (SSSR count). The van der Waals surface area contributed by atoms with Crippen molar-refractivity contribution < 1.29 is 9.47 Å². The van der Waals surface area contributed by atoms with E-state index in [1.54, 1.807) is 7.11 Å². The summed E-state index contributed by atoms with van der Waals surface area (Å²) in [5.41, 5.74) is 1.29. The zero-order chi connectivity index (χ0) is 17.2. The standard InChI is InChI=1S/C20H31N3O2/c1-21-11-16-12-23(13-19(21)15-25-14-16)17-6-8-22(9-7-17)18-4-3-5-20(10-18)24-2/h3-5,10,16-17,19H,6-9,11-15H2,1-2H3/t16-,19+/m1/s1. The van der Waals surface area contributed by atoms with Gasteiger partial charge in [0.1, 0.15) is 5.75 Å². The van der Waals surface area contributed by atoms with E-state index >= 15 is 0 Å². The Morgan fingerprint density at radius 3 is 2.68 bits per heavy atom. The summed E-state index contributed by atoms with van der Waals surface area (Å²) >= 11 is 0. The van der Waals surface area contributed by atoms with Crippen molar-refractivity contribution >= 4 is 5.69 Å². The van der Waals surface area contributed by atoms with Crippen LogP contribution in [0.4, 0.5) is 5.69 Å². The highest BCUT2D eigenvalue weighted by molar-refractivity contribution is 5.51. The molecule has 5 heteroatoms. The van der Waals surface area contributed by atoms with E-state index in [1.807, 2.05) is 6.07 Å². The lowest BCUT2D eigenvalue weighted by molar-refractivity contribution is 0.0353. The smallest absolute Gasteiger partial charge is 0.120 e. The number of ether oxygens (including phenoxy) is 2. The predicted molar refractivity (Wildman–Crippen MR) is 101 cm³/mol. The van der Waals surface area contributed by atoms with Crippen molar-refractivity contribution in [3.05, 3.63) is 24.3 Å². The summed E-state index contributed by atoms with van der Waals surface area (Å²) in [5.74, 6) is 1.61. The van der Waals surface area contributed by atoms with Gasteiger partial charge in [0.15, 0.2) is 0 Å². The van der Waals surface area contributed by atoms with E-state index in [4.69, 9.17) is 9.47 Å². The zero-order valence-corrected chi connectivity index (χ0v) is 15.6. The van der Waals surface area contributed by atoms with Crippen LogP contribution in [0.2, 0.25) is 0 Å². The number of hydrogen-bond donors (Lipinski definition) is 0. The molecular formula is C20H31N3O2. The van der Waals surface area contributed by atoms with Crippen LogP contribution in [0.5, 0.6) is 5.75 Å². The van der Waals surface area contributed by atoms with Gasteiger partial charge in [-0.2, -0.15) is 0 Å². The zero-order valence-electron chi connectivity index (χ0n) is 15.6. The van der Waals surface area contributed by atoms with Gasteiger partial charge in [-0.25, -0.2) is 0 Å². The van der Waals surface area contributed by atoms with Crippen molar-refractivity contribution in [2.75, 3.05) is 65.0 Å². The summed E-state index contributed by atoms with van der Waals surface area (Å²) in [6.45, 7) is 7.64. The Labute approximate surface area is 151 Å². The van der Waals surface area contributed by atoms with E-state index in [0.29, 0.717) is 12.0 Å². The number of nitrogens with zero attached hydrogens (tertiary/aromatic N) is 3. The molecule has 3 fully saturated rings. The van der Waals surface area contributed by atoms with Crippen LogP contribution in [-0.4, -0.2) is 82.0 Å². The minimum absolute atomic E-state index is 0.559. The number of piperidine rings is 1. The monoisotopic (exact) mass is 345 g/mol. The van der Waals surface area contributed by atoms with Crippen LogP contribution in [0.3, 0.4) is 0 Å². The maximum atomic E-state index is 5.88. The molecular weight excluding hydrogens is 314 g/mol. The third-order valence-corrected chi connectivity index (χ3v) is 6.17. The van der Waals surface area contributed by atoms with Gasteiger partial charge in [0.05, 0.1) is 20.3 Å². The predicted octanol–water partition coefficient (Wildman–Crippen LogP) is 1.93. The van der Waals surface area contributed by atoms with E-state index < -0.39 is 0 Å². The van der Waals surface area contributed by atoms with Crippen LogP contribution in [0.25, 0.3) is 0 Å². The van der Waals surface area contributed by atoms with Crippen LogP contribution < -0.4 is 9.64 Å². The van der Waals surface area contributed by atoms with Crippen LogP contribution in [0, 0.1) is 5.92 Å². The number of likely N-dealkylation sites (N-methyl/N-ethyl adjacent to an activating group) is 1. The van der Waals surface area contributed by atoms with Crippen LogP contribution >= 0.6 is 0 Å². The number of hydrogen-bond acceptors (Lipinski definition) is 5. The second-order valence-corrected chi connectivity index (χ2v) is 7.87. The Hall–Kier alpha value is -1.30. The largest absolute Gasteiger partial charge is 0.497 e. The minimum atomic E-state index is 0.559. The summed E-state index contributed by atoms with van der Waals surface area (Å²) in [6, 6.07) is 9.74. The van der Waals surface area contributed by atoms with E-state index in [0.717, 1.165) is 44.6 Å². The van der Waals surface area contributed by atoms with Crippen molar-refractivity contribution in [2.24, 2.45) is 5.92 Å². The molecule has 2 atom stereocenters. The molecule has 2 bridgehead atoms. The Balaban J connectivity index is 1.38. The molecule has 1 aromatic rings. The van der Waals surface area contributed by atoms with Gasteiger partial charge in [-0.1, -0.05) is 6.07 Å². The lowest BCUT2D eigenvalue weighted by Crippen LogP contribution is -2.50. The molecule has 0 N–H and O–H groups in total. The number of fused-ring (bicyclic) bond motifs is 3. The molecule has 138 valence electrons. The van der Waals surface area contributed by atoms with Gasteiger partial charge in [0, 0.05) is 62.5 Å². The molecule has 25 heavy (non-hydrogen) atoms. The summed E-state index contributed by atoms with van der Waals surface area (Å²) in [5, 5.41) is 0.